The van der Waals surface area contributed by atoms with Crippen LogP contribution in [0.5, 0.6) is 0 Å². The van der Waals surface area contributed by atoms with Crippen LogP contribution >= 0.6 is 0 Å². The number of hydrogen-bond donors (Lipinski definition) is 0. The molecule has 0 heterocycles. The predicted octanol–water partition coefficient (Wildman–Crippen LogP) is 4.49. The van der Waals surface area contributed by atoms with E-state index in [-0.39, 0.29) is 5.75 Å². The summed E-state index contributed by atoms with van der Waals surface area (Å²) in [6.45, 7) is 7.34. The van der Waals surface area contributed by atoms with E-state index in [2.05, 4.69) is 31.2 Å². The van der Waals surface area contributed by atoms with Crippen molar-refractivity contribution in [2.45, 2.75) is 51.0 Å². The van der Waals surface area contributed by atoms with Crippen molar-refractivity contribution in [3.63, 3.8) is 0 Å². The van der Waals surface area contributed by atoms with Crippen molar-refractivity contribution < 1.29 is 8.42 Å². The summed E-state index contributed by atoms with van der Waals surface area (Å²) in [4.78, 5) is 0. The van der Waals surface area contributed by atoms with E-state index < -0.39 is 14.6 Å². The molecule has 0 fully saturated rings. The van der Waals surface area contributed by atoms with Crippen molar-refractivity contribution in [1.29, 1.82) is 0 Å². The second-order valence-corrected chi connectivity index (χ2v) is 9.92. The molecule has 0 N–H and O–H groups in total. The molecular formula is C20H26O2S. The van der Waals surface area contributed by atoms with Gasteiger partial charge >= 0.3 is 0 Å². The maximum absolute atomic E-state index is 12.2. The molecular weight excluding hydrogens is 304 g/mol. The normalized spacial score (nSPS) is 12.3. The molecule has 2 nitrogen and oxygen atoms in total. The van der Waals surface area contributed by atoms with Gasteiger partial charge in [0.15, 0.2) is 9.84 Å². The quantitative estimate of drug-likeness (QED) is 0.809. The maximum atomic E-state index is 12.2. The molecule has 0 amide bonds. The lowest BCUT2D eigenvalue weighted by atomic mass is 10.0. The van der Waals surface area contributed by atoms with Crippen LogP contribution in [0.1, 0.15) is 43.0 Å². The highest BCUT2D eigenvalue weighted by Gasteiger charge is 2.28. The van der Waals surface area contributed by atoms with Crippen molar-refractivity contribution in [2.75, 3.05) is 0 Å². The van der Waals surface area contributed by atoms with Crippen molar-refractivity contribution in [2.24, 2.45) is 0 Å². The lowest BCUT2D eigenvalue weighted by Crippen LogP contribution is -2.29. The molecule has 2 rings (SSSR count). The van der Waals surface area contributed by atoms with E-state index in [9.17, 15) is 8.42 Å². The summed E-state index contributed by atoms with van der Waals surface area (Å²) in [5.74, 6) is 0.106. The first kappa shape index (κ1) is 17.7. The highest BCUT2D eigenvalue weighted by molar-refractivity contribution is 7.91. The van der Waals surface area contributed by atoms with E-state index in [1.54, 1.807) is 20.8 Å². The number of aryl methyl sites for hydroxylation is 3. The molecule has 0 atom stereocenters. The van der Waals surface area contributed by atoms with Crippen LogP contribution in [0, 0.1) is 6.92 Å². The lowest BCUT2D eigenvalue weighted by Gasteiger charge is -2.19. The average Bonchev–Trinajstić information content (AvgIpc) is 2.47. The zero-order valence-corrected chi connectivity index (χ0v) is 15.3. The number of hydrogen-bond acceptors (Lipinski definition) is 2. The van der Waals surface area contributed by atoms with E-state index in [1.165, 1.54) is 16.7 Å². The van der Waals surface area contributed by atoms with Gasteiger partial charge in [0.05, 0.1) is 10.5 Å². The first-order chi connectivity index (χ1) is 10.7. The van der Waals surface area contributed by atoms with Gasteiger partial charge in [-0.2, -0.15) is 0 Å². The van der Waals surface area contributed by atoms with Crippen LogP contribution < -0.4 is 0 Å². The molecule has 0 spiro atoms. The molecule has 0 aromatic heterocycles. The van der Waals surface area contributed by atoms with Gasteiger partial charge < -0.3 is 0 Å². The van der Waals surface area contributed by atoms with E-state index in [0.717, 1.165) is 18.4 Å². The second-order valence-electron chi connectivity index (χ2n) is 7.17. The standard InChI is InChI=1S/C20H26O2S/c1-16-5-7-17(8-6-16)9-10-18-11-13-19(14-12-18)15-23(21,22)20(2,3)4/h5-8,11-14H,9-10,15H2,1-4H3. The Bertz CT molecular complexity index is 734. The first-order valence-electron chi connectivity index (χ1n) is 8.03. The van der Waals surface area contributed by atoms with Gasteiger partial charge in [-0.15, -0.1) is 0 Å². The fourth-order valence-corrected chi connectivity index (χ4v) is 3.35. The van der Waals surface area contributed by atoms with Gasteiger partial charge in [0.25, 0.3) is 0 Å². The highest BCUT2D eigenvalue weighted by atomic mass is 32.2. The van der Waals surface area contributed by atoms with Crippen LogP contribution in [-0.4, -0.2) is 13.2 Å². The number of rotatable bonds is 5. The molecule has 124 valence electrons. The van der Waals surface area contributed by atoms with E-state index >= 15 is 0 Å². The zero-order valence-electron chi connectivity index (χ0n) is 14.5. The summed E-state index contributed by atoms with van der Waals surface area (Å²) in [6.07, 6.45) is 1.97. The summed E-state index contributed by atoms with van der Waals surface area (Å²) in [5, 5.41) is 0. The fraction of sp³-hybridized carbons (Fsp3) is 0.400. The van der Waals surface area contributed by atoms with E-state index in [4.69, 9.17) is 0 Å². The topological polar surface area (TPSA) is 34.1 Å². The molecule has 0 aliphatic carbocycles. The Morgan fingerprint density at radius 2 is 1.13 bits per heavy atom. The molecule has 0 saturated heterocycles. The molecule has 0 bridgehead atoms. The minimum absolute atomic E-state index is 0.106. The molecule has 23 heavy (non-hydrogen) atoms. The van der Waals surface area contributed by atoms with Gasteiger partial charge in [-0.25, -0.2) is 8.42 Å². The van der Waals surface area contributed by atoms with Crippen molar-refractivity contribution in [1.82, 2.24) is 0 Å². The van der Waals surface area contributed by atoms with Gasteiger partial charge in [0.1, 0.15) is 0 Å². The van der Waals surface area contributed by atoms with Gasteiger partial charge in [-0.1, -0.05) is 54.1 Å². The predicted molar refractivity (Wildman–Crippen MR) is 97.4 cm³/mol. The van der Waals surface area contributed by atoms with Crippen LogP contribution in [0.2, 0.25) is 0 Å². The Balaban J connectivity index is 1.98. The van der Waals surface area contributed by atoms with Crippen molar-refractivity contribution in [3.05, 3.63) is 70.8 Å². The van der Waals surface area contributed by atoms with Crippen LogP contribution in [0.4, 0.5) is 0 Å². The third-order valence-electron chi connectivity index (χ3n) is 4.14. The van der Waals surface area contributed by atoms with Crippen LogP contribution in [0.15, 0.2) is 48.5 Å². The molecule has 2 aromatic rings. The Morgan fingerprint density at radius 3 is 1.57 bits per heavy atom. The van der Waals surface area contributed by atoms with Crippen molar-refractivity contribution >= 4 is 9.84 Å². The fourth-order valence-electron chi connectivity index (χ4n) is 2.28. The van der Waals surface area contributed by atoms with Crippen LogP contribution in [0.3, 0.4) is 0 Å². The number of sulfone groups is 1. The third-order valence-corrected chi connectivity index (χ3v) is 6.72. The molecule has 0 saturated carbocycles. The largest absolute Gasteiger partial charge is 0.228 e. The second kappa shape index (κ2) is 6.88. The SMILES string of the molecule is Cc1ccc(CCc2ccc(CS(=O)(=O)C(C)(C)C)cc2)cc1. The number of benzene rings is 2. The van der Waals surface area contributed by atoms with Gasteiger partial charge in [0.2, 0.25) is 0 Å². The summed E-state index contributed by atoms with van der Waals surface area (Å²) in [5.41, 5.74) is 4.70. The highest BCUT2D eigenvalue weighted by Crippen LogP contribution is 2.21. The Labute approximate surface area is 140 Å². The molecule has 0 radical (unpaired) electrons. The first-order valence-corrected chi connectivity index (χ1v) is 9.68. The van der Waals surface area contributed by atoms with Gasteiger partial charge in [-0.05, 0) is 57.2 Å². The van der Waals surface area contributed by atoms with Crippen LogP contribution in [0.25, 0.3) is 0 Å². The molecule has 0 aliphatic heterocycles. The summed E-state index contributed by atoms with van der Waals surface area (Å²) in [6, 6.07) is 16.6. The molecule has 0 unspecified atom stereocenters. The van der Waals surface area contributed by atoms with Gasteiger partial charge in [0, 0.05) is 0 Å². The maximum Gasteiger partial charge on any atom is 0.159 e. The Kier molecular flexibility index (Phi) is 5.30. The van der Waals surface area contributed by atoms with Gasteiger partial charge in [-0.3, -0.25) is 0 Å². The molecule has 3 heteroatoms. The van der Waals surface area contributed by atoms with Crippen LogP contribution in [-0.2, 0) is 28.4 Å². The Hall–Kier alpha value is -1.61. The van der Waals surface area contributed by atoms with E-state index in [0.29, 0.717) is 0 Å². The summed E-state index contributed by atoms with van der Waals surface area (Å²) in [7, 11) is -3.12. The minimum Gasteiger partial charge on any atom is -0.228 e. The minimum atomic E-state index is -3.12. The smallest absolute Gasteiger partial charge is 0.159 e. The van der Waals surface area contributed by atoms with E-state index in [1.807, 2.05) is 24.3 Å². The summed E-state index contributed by atoms with van der Waals surface area (Å²) >= 11 is 0. The summed E-state index contributed by atoms with van der Waals surface area (Å²) < 4.78 is 23.8. The zero-order chi connectivity index (χ0) is 17.1. The third kappa shape index (κ3) is 4.93. The lowest BCUT2D eigenvalue weighted by molar-refractivity contribution is 0.559. The average molecular weight is 330 g/mol. The Morgan fingerprint density at radius 1 is 0.739 bits per heavy atom. The molecule has 0 aliphatic rings. The molecule has 2 aromatic carbocycles. The van der Waals surface area contributed by atoms with Crippen molar-refractivity contribution in [3.8, 4) is 0 Å². The monoisotopic (exact) mass is 330 g/mol.